The fourth-order valence-electron chi connectivity index (χ4n) is 3.13. The first kappa shape index (κ1) is 16.0. The lowest BCUT2D eigenvalue weighted by atomic mass is 9.99. The number of rotatable bonds is 6. The number of hydrogen-bond acceptors (Lipinski definition) is 4. The molecular weight excluding hydrogens is 268 g/mol. The van der Waals surface area contributed by atoms with Crippen LogP contribution >= 0.6 is 11.3 Å². The highest BCUT2D eigenvalue weighted by atomic mass is 32.1. The number of nitrogens with one attached hydrogen (secondary N) is 1. The minimum atomic E-state index is -0.0429. The summed E-state index contributed by atoms with van der Waals surface area (Å²) in [5, 5.41) is 5.70. The number of nitrogens with zero attached hydrogens (tertiary/aromatic N) is 1. The van der Waals surface area contributed by atoms with E-state index in [4.69, 9.17) is 4.74 Å². The molecule has 1 N–H and O–H groups in total. The Morgan fingerprint density at radius 3 is 2.50 bits per heavy atom. The van der Waals surface area contributed by atoms with Crippen LogP contribution in [0.4, 0.5) is 0 Å². The van der Waals surface area contributed by atoms with Crippen molar-refractivity contribution in [1.29, 1.82) is 0 Å². The molecule has 1 aromatic rings. The molecule has 0 aliphatic carbocycles. The van der Waals surface area contributed by atoms with E-state index in [0.29, 0.717) is 0 Å². The van der Waals surface area contributed by atoms with Crippen LogP contribution in [-0.4, -0.2) is 48.8 Å². The molecule has 2 heterocycles. The Morgan fingerprint density at radius 2 is 1.90 bits per heavy atom. The first-order valence-electron chi connectivity index (χ1n) is 7.52. The summed E-state index contributed by atoms with van der Waals surface area (Å²) in [5.41, 5.74) is -0.0859. The Bertz CT molecular complexity index is 385. The highest BCUT2D eigenvalue weighted by Gasteiger charge is 2.37. The Kier molecular flexibility index (Phi) is 5.24. The van der Waals surface area contributed by atoms with E-state index in [1.807, 2.05) is 11.3 Å². The largest absolute Gasteiger partial charge is 0.367 e. The fourth-order valence-corrected chi connectivity index (χ4v) is 3.84. The van der Waals surface area contributed by atoms with Gasteiger partial charge in [-0.05, 0) is 45.6 Å². The monoisotopic (exact) mass is 296 g/mol. The molecule has 0 atom stereocenters. The lowest BCUT2D eigenvalue weighted by Gasteiger charge is -2.47. The topological polar surface area (TPSA) is 24.5 Å². The van der Waals surface area contributed by atoms with Gasteiger partial charge in [0, 0.05) is 37.6 Å². The predicted molar refractivity (Wildman–Crippen MR) is 86.6 cm³/mol. The molecule has 0 amide bonds. The van der Waals surface area contributed by atoms with Crippen LogP contribution in [0.1, 0.15) is 32.6 Å². The van der Waals surface area contributed by atoms with Gasteiger partial charge >= 0.3 is 0 Å². The summed E-state index contributed by atoms with van der Waals surface area (Å²) in [5.74, 6) is 0. The van der Waals surface area contributed by atoms with E-state index in [1.165, 1.54) is 4.88 Å². The molecule has 4 heteroatoms. The Labute approximate surface area is 127 Å². The second-order valence-electron chi connectivity index (χ2n) is 6.91. The summed E-state index contributed by atoms with van der Waals surface area (Å²) in [6.45, 7) is 14.0. The van der Waals surface area contributed by atoms with Crippen molar-refractivity contribution in [2.24, 2.45) is 0 Å². The first-order valence-corrected chi connectivity index (χ1v) is 8.40. The molecule has 0 saturated carbocycles. The summed E-state index contributed by atoms with van der Waals surface area (Å²) in [4.78, 5) is 3.98. The molecule has 2 rings (SSSR count). The quantitative estimate of drug-likeness (QED) is 0.817. The molecule has 0 spiro atoms. The lowest BCUT2D eigenvalue weighted by molar-refractivity contribution is -0.180. The maximum Gasteiger partial charge on any atom is 0.0760 e. The highest BCUT2D eigenvalue weighted by Crippen LogP contribution is 2.27. The van der Waals surface area contributed by atoms with Gasteiger partial charge in [0.25, 0.3) is 0 Å². The van der Waals surface area contributed by atoms with E-state index in [2.05, 4.69) is 55.4 Å². The zero-order valence-electron chi connectivity index (χ0n) is 13.2. The van der Waals surface area contributed by atoms with Crippen molar-refractivity contribution in [2.75, 3.05) is 32.7 Å². The molecule has 1 aromatic heterocycles. The van der Waals surface area contributed by atoms with E-state index >= 15 is 0 Å². The van der Waals surface area contributed by atoms with Crippen LogP contribution in [0.3, 0.4) is 0 Å². The molecular formula is C16H28N2OS. The minimum absolute atomic E-state index is 0.0429. The highest BCUT2D eigenvalue weighted by molar-refractivity contribution is 7.09. The third kappa shape index (κ3) is 5.17. The molecule has 20 heavy (non-hydrogen) atoms. The average molecular weight is 296 g/mol. The van der Waals surface area contributed by atoms with Crippen molar-refractivity contribution in [3.63, 3.8) is 0 Å². The standard InChI is InChI=1S/C16H28N2OS/c1-15(2)12-18(13-16(3,4)19-15)10-9-17-8-7-14-6-5-11-20-14/h5-6,11,17H,7-10,12-13H2,1-4H3. The van der Waals surface area contributed by atoms with Gasteiger partial charge in [0.1, 0.15) is 0 Å². The van der Waals surface area contributed by atoms with Crippen molar-refractivity contribution in [2.45, 2.75) is 45.3 Å². The van der Waals surface area contributed by atoms with Crippen molar-refractivity contribution < 1.29 is 4.74 Å². The fraction of sp³-hybridized carbons (Fsp3) is 0.750. The van der Waals surface area contributed by atoms with Gasteiger partial charge in [0.2, 0.25) is 0 Å². The zero-order valence-corrected chi connectivity index (χ0v) is 14.1. The van der Waals surface area contributed by atoms with Crippen LogP contribution in [0.15, 0.2) is 17.5 Å². The maximum absolute atomic E-state index is 6.11. The van der Waals surface area contributed by atoms with Crippen LogP contribution in [0.5, 0.6) is 0 Å². The first-order chi connectivity index (χ1) is 9.36. The van der Waals surface area contributed by atoms with Crippen LogP contribution in [0.2, 0.25) is 0 Å². The molecule has 1 aliphatic heterocycles. The Morgan fingerprint density at radius 1 is 1.20 bits per heavy atom. The van der Waals surface area contributed by atoms with Crippen LogP contribution in [0.25, 0.3) is 0 Å². The second-order valence-corrected chi connectivity index (χ2v) is 7.94. The number of ether oxygens (including phenoxy) is 1. The summed E-state index contributed by atoms with van der Waals surface area (Å²) in [6, 6.07) is 4.33. The lowest BCUT2D eigenvalue weighted by Crippen LogP contribution is -2.58. The number of morpholine rings is 1. The van der Waals surface area contributed by atoms with Gasteiger partial charge in [-0.1, -0.05) is 6.07 Å². The maximum atomic E-state index is 6.11. The van der Waals surface area contributed by atoms with Crippen LogP contribution < -0.4 is 5.32 Å². The zero-order chi connectivity index (χ0) is 14.6. The van der Waals surface area contributed by atoms with Crippen molar-refractivity contribution in [1.82, 2.24) is 10.2 Å². The average Bonchev–Trinajstić information content (AvgIpc) is 2.77. The van der Waals surface area contributed by atoms with E-state index < -0.39 is 0 Å². The SMILES string of the molecule is CC1(C)CN(CCNCCc2cccs2)CC(C)(C)O1. The van der Waals surface area contributed by atoms with Gasteiger partial charge < -0.3 is 10.1 Å². The summed E-state index contributed by atoms with van der Waals surface area (Å²) in [6.07, 6.45) is 1.14. The van der Waals surface area contributed by atoms with Crippen molar-refractivity contribution in [3.8, 4) is 0 Å². The smallest absolute Gasteiger partial charge is 0.0760 e. The molecule has 1 fully saturated rings. The third-order valence-electron chi connectivity index (χ3n) is 3.49. The van der Waals surface area contributed by atoms with Crippen molar-refractivity contribution in [3.05, 3.63) is 22.4 Å². The minimum Gasteiger partial charge on any atom is -0.367 e. The van der Waals surface area contributed by atoms with Gasteiger partial charge in [-0.3, -0.25) is 4.90 Å². The van der Waals surface area contributed by atoms with Crippen LogP contribution in [0, 0.1) is 0 Å². The van der Waals surface area contributed by atoms with E-state index in [1.54, 1.807) is 0 Å². The second kappa shape index (κ2) is 6.56. The van der Waals surface area contributed by atoms with Gasteiger partial charge in [-0.15, -0.1) is 11.3 Å². The molecule has 0 unspecified atom stereocenters. The van der Waals surface area contributed by atoms with E-state index in [-0.39, 0.29) is 11.2 Å². The summed E-state index contributed by atoms with van der Waals surface area (Å²) < 4.78 is 6.11. The van der Waals surface area contributed by atoms with Gasteiger partial charge in [-0.2, -0.15) is 0 Å². The normalized spacial score (nSPS) is 22.0. The molecule has 114 valence electrons. The molecule has 0 radical (unpaired) electrons. The van der Waals surface area contributed by atoms with Gasteiger partial charge in [0.15, 0.2) is 0 Å². The summed E-state index contributed by atoms with van der Waals surface area (Å²) >= 11 is 1.84. The van der Waals surface area contributed by atoms with Crippen LogP contribution in [-0.2, 0) is 11.2 Å². The van der Waals surface area contributed by atoms with Crippen molar-refractivity contribution >= 4 is 11.3 Å². The molecule has 0 aromatic carbocycles. The third-order valence-corrected chi connectivity index (χ3v) is 4.43. The summed E-state index contributed by atoms with van der Waals surface area (Å²) in [7, 11) is 0. The molecule has 1 aliphatic rings. The number of thiophene rings is 1. The Hall–Kier alpha value is -0.420. The Balaban J connectivity index is 1.66. The molecule has 1 saturated heterocycles. The molecule has 0 bridgehead atoms. The van der Waals surface area contributed by atoms with E-state index in [0.717, 1.165) is 39.1 Å². The van der Waals surface area contributed by atoms with Gasteiger partial charge in [-0.25, -0.2) is 0 Å². The molecule has 3 nitrogen and oxygen atoms in total. The number of hydrogen-bond donors (Lipinski definition) is 1. The van der Waals surface area contributed by atoms with E-state index in [9.17, 15) is 0 Å². The van der Waals surface area contributed by atoms with Gasteiger partial charge in [0.05, 0.1) is 11.2 Å². The predicted octanol–water partition coefficient (Wildman–Crippen LogP) is 2.77.